The van der Waals surface area contributed by atoms with Gasteiger partial charge >= 0.3 is 5.97 Å². The number of anilines is 2. The predicted octanol–water partition coefficient (Wildman–Crippen LogP) is 3.87. The molecule has 0 spiro atoms. The van der Waals surface area contributed by atoms with Crippen molar-refractivity contribution in [1.82, 2.24) is 9.88 Å². The van der Waals surface area contributed by atoms with E-state index in [-0.39, 0.29) is 5.91 Å². The quantitative estimate of drug-likeness (QED) is 0.728. The van der Waals surface area contributed by atoms with E-state index >= 15 is 0 Å². The van der Waals surface area contributed by atoms with Gasteiger partial charge in [0.15, 0.2) is 0 Å². The molecule has 2 aromatic rings. The summed E-state index contributed by atoms with van der Waals surface area (Å²) in [6.45, 7) is 5.60. The van der Waals surface area contributed by atoms with Gasteiger partial charge in [0.05, 0.1) is 18.2 Å². The third-order valence-electron chi connectivity index (χ3n) is 3.84. The van der Waals surface area contributed by atoms with Crippen LogP contribution in [0.25, 0.3) is 0 Å². The van der Waals surface area contributed by atoms with Gasteiger partial charge in [0, 0.05) is 25.0 Å². The summed E-state index contributed by atoms with van der Waals surface area (Å²) in [7, 11) is 1.35. The first-order valence-corrected chi connectivity index (χ1v) is 8.79. The second-order valence-corrected chi connectivity index (χ2v) is 5.92. The number of hydrogen-bond donors (Lipinski definition) is 1. The van der Waals surface area contributed by atoms with Gasteiger partial charge in [0.25, 0.3) is 5.91 Å². The van der Waals surface area contributed by atoms with Gasteiger partial charge in [-0.1, -0.05) is 19.9 Å². The summed E-state index contributed by atoms with van der Waals surface area (Å²) in [5.74, 6) is 0.205. The van der Waals surface area contributed by atoms with Crippen LogP contribution in [-0.2, 0) is 4.74 Å². The van der Waals surface area contributed by atoms with Crippen LogP contribution in [0.4, 0.5) is 11.5 Å². The number of amides is 1. The van der Waals surface area contributed by atoms with E-state index in [0.29, 0.717) is 16.9 Å². The van der Waals surface area contributed by atoms with Crippen LogP contribution >= 0.6 is 0 Å². The third kappa shape index (κ3) is 5.05. The van der Waals surface area contributed by atoms with Gasteiger partial charge in [0.2, 0.25) is 0 Å². The molecule has 1 N–H and O–H groups in total. The van der Waals surface area contributed by atoms with Crippen molar-refractivity contribution in [2.24, 2.45) is 0 Å². The summed E-state index contributed by atoms with van der Waals surface area (Å²) in [4.78, 5) is 30.3. The van der Waals surface area contributed by atoms with Gasteiger partial charge in [0.1, 0.15) is 5.82 Å². The molecule has 1 amide bonds. The molecule has 2 rings (SSSR count). The number of carbonyl (C=O) groups excluding carboxylic acids is 2. The van der Waals surface area contributed by atoms with Crippen molar-refractivity contribution in [1.29, 1.82) is 0 Å². The molecule has 0 aliphatic rings. The minimum atomic E-state index is -0.394. The zero-order valence-corrected chi connectivity index (χ0v) is 15.5. The fourth-order valence-corrected chi connectivity index (χ4v) is 2.62. The van der Waals surface area contributed by atoms with Crippen LogP contribution in [-0.4, -0.2) is 42.0 Å². The summed E-state index contributed by atoms with van der Waals surface area (Å²) in [5.41, 5.74) is 1.75. The Balaban J connectivity index is 2.10. The van der Waals surface area contributed by atoms with Crippen molar-refractivity contribution < 1.29 is 14.3 Å². The van der Waals surface area contributed by atoms with Gasteiger partial charge in [-0.2, -0.15) is 0 Å². The highest BCUT2D eigenvalue weighted by Crippen LogP contribution is 2.17. The number of rotatable bonds is 8. The third-order valence-corrected chi connectivity index (χ3v) is 3.84. The first-order valence-electron chi connectivity index (χ1n) is 8.79. The van der Waals surface area contributed by atoms with E-state index in [4.69, 9.17) is 4.74 Å². The molecule has 0 atom stereocenters. The van der Waals surface area contributed by atoms with Gasteiger partial charge in [-0.25, -0.2) is 9.78 Å². The molecule has 0 aliphatic carbocycles. The molecule has 0 saturated carbocycles. The van der Waals surface area contributed by atoms with Gasteiger partial charge < -0.3 is 15.0 Å². The van der Waals surface area contributed by atoms with Gasteiger partial charge in [-0.3, -0.25) is 4.79 Å². The van der Waals surface area contributed by atoms with Crippen molar-refractivity contribution in [3.05, 3.63) is 53.7 Å². The van der Waals surface area contributed by atoms with Crippen LogP contribution < -0.4 is 5.32 Å². The average molecular weight is 355 g/mol. The molecular weight excluding hydrogens is 330 g/mol. The molecule has 138 valence electrons. The predicted molar refractivity (Wildman–Crippen MR) is 102 cm³/mol. The summed E-state index contributed by atoms with van der Waals surface area (Å²) in [6, 6.07) is 10.5. The number of ether oxygens (including phenoxy) is 1. The lowest BCUT2D eigenvalue weighted by molar-refractivity contribution is 0.0600. The SMILES string of the molecule is CCCN(CCC)C(=O)c1ccc(Nc2cccc(C(=O)OC)c2)nc1. The first kappa shape index (κ1) is 19.4. The molecule has 0 aliphatic heterocycles. The summed E-state index contributed by atoms with van der Waals surface area (Å²) in [6.07, 6.45) is 3.43. The van der Waals surface area contributed by atoms with Crippen molar-refractivity contribution in [3.8, 4) is 0 Å². The molecule has 1 heterocycles. The Hall–Kier alpha value is -2.89. The van der Waals surface area contributed by atoms with E-state index in [9.17, 15) is 9.59 Å². The average Bonchev–Trinajstić information content (AvgIpc) is 2.67. The lowest BCUT2D eigenvalue weighted by Gasteiger charge is -2.21. The van der Waals surface area contributed by atoms with Gasteiger partial charge in [-0.05, 0) is 43.2 Å². The number of nitrogens with one attached hydrogen (secondary N) is 1. The maximum atomic E-state index is 12.6. The number of benzene rings is 1. The van der Waals surface area contributed by atoms with Crippen molar-refractivity contribution in [3.63, 3.8) is 0 Å². The summed E-state index contributed by atoms with van der Waals surface area (Å²) in [5, 5.41) is 3.13. The Labute approximate surface area is 154 Å². The molecule has 0 fully saturated rings. The lowest BCUT2D eigenvalue weighted by atomic mass is 10.2. The van der Waals surface area contributed by atoms with E-state index in [1.807, 2.05) is 11.0 Å². The molecular formula is C20H25N3O3. The maximum absolute atomic E-state index is 12.6. The smallest absolute Gasteiger partial charge is 0.337 e. The second-order valence-electron chi connectivity index (χ2n) is 5.92. The normalized spacial score (nSPS) is 10.3. The Morgan fingerprint density at radius 1 is 1.08 bits per heavy atom. The Morgan fingerprint density at radius 2 is 1.81 bits per heavy atom. The van der Waals surface area contributed by atoms with Crippen LogP contribution in [0, 0.1) is 0 Å². The number of aromatic nitrogens is 1. The molecule has 6 heteroatoms. The zero-order chi connectivity index (χ0) is 18.9. The molecule has 0 radical (unpaired) electrons. The molecule has 26 heavy (non-hydrogen) atoms. The number of esters is 1. The second kappa shape index (κ2) is 9.56. The zero-order valence-electron chi connectivity index (χ0n) is 15.5. The monoisotopic (exact) mass is 355 g/mol. The van der Waals surface area contributed by atoms with Gasteiger partial charge in [-0.15, -0.1) is 0 Å². The first-order chi connectivity index (χ1) is 12.6. The Bertz CT molecular complexity index is 738. The lowest BCUT2D eigenvalue weighted by Crippen LogP contribution is -2.32. The Kier molecular flexibility index (Phi) is 7.14. The molecule has 0 unspecified atom stereocenters. The minimum Gasteiger partial charge on any atom is -0.465 e. The van der Waals surface area contributed by atoms with Crippen LogP contribution in [0.2, 0.25) is 0 Å². The molecule has 0 saturated heterocycles. The molecule has 1 aromatic heterocycles. The topological polar surface area (TPSA) is 71.5 Å². The van der Waals surface area contributed by atoms with E-state index in [2.05, 4.69) is 24.1 Å². The highest BCUT2D eigenvalue weighted by molar-refractivity contribution is 5.94. The van der Waals surface area contributed by atoms with Crippen LogP contribution in [0.15, 0.2) is 42.6 Å². The minimum absolute atomic E-state index is 0.000406. The number of carbonyl (C=O) groups is 2. The Morgan fingerprint density at radius 3 is 2.38 bits per heavy atom. The highest BCUT2D eigenvalue weighted by Gasteiger charge is 2.14. The van der Waals surface area contributed by atoms with E-state index in [0.717, 1.165) is 31.6 Å². The highest BCUT2D eigenvalue weighted by atomic mass is 16.5. The van der Waals surface area contributed by atoms with E-state index in [1.54, 1.807) is 36.5 Å². The maximum Gasteiger partial charge on any atom is 0.337 e. The van der Waals surface area contributed by atoms with Crippen LogP contribution in [0.3, 0.4) is 0 Å². The molecule has 6 nitrogen and oxygen atoms in total. The standard InChI is InChI=1S/C20H25N3O3/c1-4-11-23(12-5-2)19(24)16-9-10-18(21-14-16)22-17-8-6-7-15(13-17)20(25)26-3/h6-10,13-14H,4-5,11-12H2,1-3H3,(H,21,22). The van der Waals surface area contributed by atoms with Crippen molar-refractivity contribution in [2.45, 2.75) is 26.7 Å². The summed E-state index contributed by atoms with van der Waals surface area (Å²) >= 11 is 0. The number of nitrogens with zero attached hydrogens (tertiary/aromatic N) is 2. The molecule has 1 aromatic carbocycles. The van der Waals surface area contributed by atoms with E-state index < -0.39 is 5.97 Å². The summed E-state index contributed by atoms with van der Waals surface area (Å²) < 4.78 is 4.72. The largest absolute Gasteiger partial charge is 0.465 e. The van der Waals surface area contributed by atoms with Crippen LogP contribution in [0.1, 0.15) is 47.4 Å². The number of methoxy groups -OCH3 is 1. The fraction of sp³-hybridized carbons (Fsp3) is 0.350. The van der Waals surface area contributed by atoms with Crippen molar-refractivity contribution >= 4 is 23.4 Å². The molecule has 0 bridgehead atoms. The van der Waals surface area contributed by atoms with Crippen LogP contribution in [0.5, 0.6) is 0 Å². The number of hydrogen-bond acceptors (Lipinski definition) is 5. The van der Waals surface area contributed by atoms with Crippen molar-refractivity contribution in [2.75, 3.05) is 25.5 Å². The van der Waals surface area contributed by atoms with E-state index in [1.165, 1.54) is 7.11 Å². The number of pyridine rings is 1. The fourth-order valence-electron chi connectivity index (χ4n) is 2.62.